The maximum absolute atomic E-state index is 11.6. The largest absolute Gasteiger partial charge is 0.480 e. The standard InChI is InChI=1S/C11H20N2O3/c1-4-8(9(14)15)12-10(16)13-11(2,3)7-5-6-7/h7-8H,4-6H2,1-3H3,(H,14,15)(H2,12,13,16)/t8-/m1/s1. The summed E-state index contributed by atoms with van der Waals surface area (Å²) in [6, 6.07) is -1.21. The van der Waals surface area contributed by atoms with E-state index in [1.165, 1.54) is 0 Å². The van der Waals surface area contributed by atoms with E-state index < -0.39 is 18.0 Å². The molecule has 16 heavy (non-hydrogen) atoms. The summed E-state index contributed by atoms with van der Waals surface area (Å²) in [4.78, 5) is 22.3. The number of carbonyl (C=O) groups excluding carboxylic acids is 1. The third kappa shape index (κ3) is 3.40. The molecule has 0 bridgehead atoms. The van der Waals surface area contributed by atoms with Gasteiger partial charge in [0.05, 0.1) is 0 Å². The van der Waals surface area contributed by atoms with Crippen LogP contribution in [0.15, 0.2) is 0 Å². The smallest absolute Gasteiger partial charge is 0.326 e. The average Bonchev–Trinajstić information content (AvgIpc) is 2.95. The Bertz CT molecular complexity index is 285. The van der Waals surface area contributed by atoms with Crippen LogP contribution in [0.4, 0.5) is 4.79 Å². The summed E-state index contributed by atoms with van der Waals surface area (Å²) < 4.78 is 0. The minimum atomic E-state index is -0.998. The molecule has 0 unspecified atom stereocenters. The van der Waals surface area contributed by atoms with Crippen molar-refractivity contribution in [2.45, 2.75) is 51.6 Å². The van der Waals surface area contributed by atoms with Crippen molar-refractivity contribution in [1.29, 1.82) is 0 Å². The molecule has 0 spiro atoms. The van der Waals surface area contributed by atoms with Crippen LogP contribution in [0, 0.1) is 5.92 Å². The van der Waals surface area contributed by atoms with Crippen molar-refractivity contribution in [2.75, 3.05) is 0 Å². The zero-order chi connectivity index (χ0) is 12.3. The van der Waals surface area contributed by atoms with Crippen LogP contribution < -0.4 is 10.6 Å². The van der Waals surface area contributed by atoms with Crippen LogP contribution in [-0.2, 0) is 4.79 Å². The van der Waals surface area contributed by atoms with E-state index in [0.717, 1.165) is 12.8 Å². The second kappa shape index (κ2) is 4.72. The fourth-order valence-corrected chi connectivity index (χ4v) is 1.73. The van der Waals surface area contributed by atoms with Crippen LogP contribution in [0.2, 0.25) is 0 Å². The lowest BCUT2D eigenvalue weighted by Gasteiger charge is -2.27. The molecule has 5 nitrogen and oxygen atoms in total. The molecule has 0 saturated heterocycles. The maximum Gasteiger partial charge on any atom is 0.326 e. The van der Waals surface area contributed by atoms with Crippen molar-refractivity contribution in [3.8, 4) is 0 Å². The van der Waals surface area contributed by atoms with Crippen LogP contribution in [0.1, 0.15) is 40.0 Å². The number of hydrogen-bond donors (Lipinski definition) is 3. The van der Waals surface area contributed by atoms with Gasteiger partial charge in [0.2, 0.25) is 0 Å². The number of carbonyl (C=O) groups is 2. The van der Waals surface area contributed by atoms with Crippen molar-refractivity contribution >= 4 is 12.0 Å². The van der Waals surface area contributed by atoms with Gasteiger partial charge in [-0.1, -0.05) is 6.92 Å². The number of carboxylic acid groups (broad SMARTS) is 1. The summed E-state index contributed by atoms with van der Waals surface area (Å²) in [5.74, 6) is -0.481. The molecule has 0 radical (unpaired) electrons. The minimum Gasteiger partial charge on any atom is -0.480 e. The van der Waals surface area contributed by atoms with Crippen LogP contribution in [0.25, 0.3) is 0 Å². The first kappa shape index (κ1) is 12.8. The molecular formula is C11H20N2O3. The lowest BCUT2D eigenvalue weighted by atomic mass is 9.99. The van der Waals surface area contributed by atoms with Crippen LogP contribution in [-0.4, -0.2) is 28.7 Å². The second-order valence-electron chi connectivity index (χ2n) is 4.89. The Balaban J connectivity index is 2.42. The van der Waals surface area contributed by atoms with Gasteiger partial charge in [0.25, 0.3) is 0 Å². The summed E-state index contributed by atoms with van der Waals surface area (Å²) in [5.41, 5.74) is -0.249. The van der Waals surface area contributed by atoms with Gasteiger partial charge in [0.15, 0.2) is 0 Å². The van der Waals surface area contributed by atoms with Crippen molar-refractivity contribution in [3.05, 3.63) is 0 Å². The predicted octanol–water partition coefficient (Wildman–Crippen LogP) is 1.34. The molecule has 0 aromatic heterocycles. The Morgan fingerprint density at radius 1 is 1.44 bits per heavy atom. The van der Waals surface area contributed by atoms with Gasteiger partial charge in [-0.3, -0.25) is 0 Å². The molecule has 0 aliphatic heterocycles. The monoisotopic (exact) mass is 228 g/mol. The zero-order valence-electron chi connectivity index (χ0n) is 10.0. The summed E-state index contributed by atoms with van der Waals surface area (Å²) in [6.45, 7) is 5.66. The van der Waals surface area contributed by atoms with Crippen LogP contribution in [0.5, 0.6) is 0 Å². The van der Waals surface area contributed by atoms with Gasteiger partial charge in [-0.05, 0) is 39.0 Å². The van der Waals surface area contributed by atoms with Gasteiger partial charge >= 0.3 is 12.0 Å². The Hall–Kier alpha value is -1.26. The highest BCUT2D eigenvalue weighted by atomic mass is 16.4. The van der Waals surface area contributed by atoms with E-state index in [9.17, 15) is 9.59 Å². The Kier molecular flexibility index (Phi) is 3.78. The first-order valence-corrected chi connectivity index (χ1v) is 5.68. The summed E-state index contributed by atoms with van der Waals surface area (Å²) in [6.07, 6.45) is 2.64. The number of carboxylic acids is 1. The van der Waals surface area contributed by atoms with Crippen molar-refractivity contribution in [1.82, 2.24) is 10.6 Å². The summed E-state index contributed by atoms with van der Waals surface area (Å²) in [7, 11) is 0. The van der Waals surface area contributed by atoms with E-state index in [1.807, 2.05) is 13.8 Å². The molecule has 1 fully saturated rings. The van der Waals surface area contributed by atoms with Gasteiger partial charge in [0, 0.05) is 5.54 Å². The third-order valence-corrected chi connectivity index (χ3v) is 3.05. The second-order valence-corrected chi connectivity index (χ2v) is 4.89. The summed E-state index contributed by atoms with van der Waals surface area (Å²) >= 11 is 0. The molecule has 1 rings (SSSR count). The molecule has 0 aromatic carbocycles. The molecular weight excluding hydrogens is 208 g/mol. The highest BCUT2D eigenvalue weighted by molar-refractivity contribution is 5.82. The molecule has 92 valence electrons. The number of aliphatic carboxylic acids is 1. The van der Waals surface area contributed by atoms with Crippen LogP contribution >= 0.6 is 0 Å². The first-order valence-electron chi connectivity index (χ1n) is 5.68. The van der Waals surface area contributed by atoms with Gasteiger partial charge in [-0.2, -0.15) is 0 Å². The number of nitrogens with one attached hydrogen (secondary N) is 2. The van der Waals surface area contributed by atoms with E-state index in [-0.39, 0.29) is 5.54 Å². The fourth-order valence-electron chi connectivity index (χ4n) is 1.73. The molecule has 5 heteroatoms. The Morgan fingerprint density at radius 3 is 2.38 bits per heavy atom. The Labute approximate surface area is 95.6 Å². The number of urea groups is 1. The quantitative estimate of drug-likeness (QED) is 0.664. The fraction of sp³-hybridized carbons (Fsp3) is 0.818. The molecule has 0 aromatic rings. The normalized spacial score (nSPS) is 17.7. The van der Waals surface area contributed by atoms with Crippen molar-refractivity contribution in [3.63, 3.8) is 0 Å². The molecule has 2 amide bonds. The minimum absolute atomic E-state index is 0.249. The zero-order valence-corrected chi connectivity index (χ0v) is 10.0. The van der Waals surface area contributed by atoms with Crippen molar-refractivity contribution < 1.29 is 14.7 Å². The van der Waals surface area contributed by atoms with Crippen LogP contribution in [0.3, 0.4) is 0 Å². The average molecular weight is 228 g/mol. The number of amides is 2. The van der Waals surface area contributed by atoms with E-state index in [0.29, 0.717) is 12.3 Å². The number of rotatable bonds is 5. The summed E-state index contributed by atoms with van der Waals surface area (Å²) in [5, 5.41) is 14.1. The Morgan fingerprint density at radius 2 is 2.00 bits per heavy atom. The molecule has 3 N–H and O–H groups in total. The third-order valence-electron chi connectivity index (χ3n) is 3.05. The SMILES string of the molecule is CC[C@@H](NC(=O)NC(C)(C)C1CC1)C(=O)O. The maximum atomic E-state index is 11.6. The lowest BCUT2D eigenvalue weighted by Crippen LogP contribution is -2.53. The molecule has 1 aliphatic rings. The highest BCUT2D eigenvalue weighted by Gasteiger charge is 2.39. The van der Waals surface area contributed by atoms with Gasteiger partial charge in [-0.25, -0.2) is 9.59 Å². The first-order chi connectivity index (χ1) is 7.36. The number of hydrogen-bond acceptors (Lipinski definition) is 2. The highest BCUT2D eigenvalue weighted by Crippen LogP contribution is 2.39. The topological polar surface area (TPSA) is 78.4 Å². The van der Waals surface area contributed by atoms with E-state index in [4.69, 9.17) is 5.11 Å². The predicted molar refractivity (Wildman–Crippen MR) is 60.2 cm³/mol. The lowest BCUT2D eigenvalue weighted by molar-refractivity contribution is -0.139. The van der Waals surface area contributed by atoms with E-state index >= 15 is 0 Å². The van der Waals surface area contributed by atoms with E-state index in [1.54, 1.807) is 6.92 Å². The molecule has 0 heterocycles. The molecule has 1 atom stereocenters. The molecule has 1 saturated carbocycles. The van der Waals surface area contributed by atoms with Crippen molar-refractivity contribution in [2.24, 2.45) is 5.92 Å². The molecule has 1 aliphatic carbocycles. The van der Waals surface area contributed by atoms with Gasteiger partial charge in [-0.15, -0.1) is 0 Å². The van der Waals surface area contributed by atoms with E-state index in [2.05, 4.69) is 10.6 Å². The van der Waals surface area contributed by atoms with Gasteiger partial charge < -0.3 is 15.7 Å². The van der Waals surface area contributed by atoms with Gasteiger partial charge in [0.1, 0.15) is 6.04 Å².